The van der Waals surface area contributed by atoms with E-state index in [1.807, 2.05) is 0 Å². The van der Waals surface area contributed by atoms with E-state index in [2.05, 4.69) is 228 Å². The molecule has 54 heavy (non-hydrogen) atoms. The highest BCUT2D eigenvalue weighted by Gasteiger charge is 2.18. The van der Waals surface area contributed by atoms with Crippen LogP contribution in [0.25, 0.3) is 71.6 Å². The van der Waals surface area contributed by atoms with Crippen LogP contribution >= 0.6 is 0 Å². The van der Waals surface area contributed by atoms with E-state index < -0.39 is 0 Å². The summed E-state index contributed by atoms with van der Waals surface area (Å²) >= 11 is 0. The van der Waals surface area contributed by atoms with Gasteiger partial charge in [-0.25, -0.2) is 0 Å². The Labute approximate surface area is 315 Å². The van der Waals surface area contributed by atoms with Gasteiger partial charge in [-0.05, 0) is 117 Å². The summed E-state index contributed by atoms with van der Waals surface area (Å²) in [6.07, 6.45) is 0. The number of nitrogens with zero attached hydrogens (tertiary/aromatic N) is 2. The number of hydrogen-bond acceptors (Lipinski definition) is 1. The van der Waals surface area contributed by atoms with Crippen molar-refractivity contribution in [2.75, 3.05) is 4.90 Å². The molecule has 10 rings (SSSR count). The summed E-state index contributed by atoms with van der Waals surface area (Å²) in [6.45, 7) is 0. The van der Waals surface area contributed by atoms with E-state index in [1.165, 1.54) is 66.0 Å². The number of fused-ring (bicyclic) bond motifs is 4. The van der Waals surface area contributed by atoms with Crippen molar-refractivity contribution in [2.45, 2.75) is 0 Å². The van der Waals surface area contributed by atoms with Crippen LogP contribution in [-0.4, -0.2) is 4.57 Å². The van der Waals surface area contributed by atoms with Gasteiger partial charge in [0.15, 0.2) is 0 Å². The third kappa shape index (κ3) is 5.71. The highest BCUT2D eigenvalue weighted by Crippen LogP contribution is 2.41. The van der Waals surface area contributed by atoms with Gasteiger partial charge >= 0.3 is 0 Å². The van der Waals surface area contributed by atoms with Gasteiger partial charge in [-0.2, -0.15) is 0 Å². The smallest absolute Gasteiger partial charge is 0.0542 e. The minimum absolute atomic E-state index is 1.10. The minimum atomic E-state index is 1.10. The largest absolute Gasteiger partial charge is 0.310 e. The first-order valence-corrected chi connectivity index (χ1v) is 18.5. The van der Waals surface area contributed by atoms with Crippen LogP contribution in [0, 0.1) is 0 Å². The first-order chi connectivity index (χ1) is 26.8. The van der Waals surface area contributed by atoms with Gasteiger partial charge in [0.05, 0.1) is 11.0 Å². The second-order valence-electron chi connectivity index (χ2n) is 13.8. The Morgan fingerprint density at radius 1 is 0.278 bits per heavy atom. The summed E-state index contributed by atoms with van der Waals surface area (Å²) in [7, 11) is 0. The molecule has 2 heteroatoms. The minimum Gasteiger partial charge on any atom is -0.310 e. The van der Waals surface area contributed by atoms with Crippen LogP contribution in [0.15, 0.2) is 218 Å². The zero-order valence-corrected chi connectivity index (χ0v) is 29.7. The van der Waals surface area contributed by atoms with Gasteiger partial charge in [0.25, 0.3) is 0 Å². The molecule has 0 saturated heterocycles. The lowest BCUT2D eigenvalue weighted by molar-refractivity contribution is 1.18. The Bertz CT molecular complexity index is 2910. The molecule has 0 aliphatic rings. The van der Waals surface area contributed by atoms with Crippen molar-refractivity contribution in [3.05, 3.63) is 218 Å². The highest BCUT2D eigenvalue weighted by atomic mass is 15.1. The lowest BCUT2D eigenvalue weighted by Crippen LogP contribution is -2.10. The molecule has 1 aromatic heterocycles. The van der Waals surface area contributed by atoms with E-state index in [9.17, 15) is 0 Å². The molecule has 0 radical (unpaired) electrons. The molecule has 10 aromatic rings. The van der Waals surface area contributed by atoms with E-state index in [0.29, 0.717) is 0 Å². The standard InChI is InChI=1S/C52H36N2/c1-3-12-37(13-4-1)42-16-11-17-43(34-42)39-24-28-46(29-25-39)53(47-30-26-40(27-31-47)44-23-22-38-14-7-8-15-41(38)35-44)48-32-33-52-50(36-48)49-20-9-10-21-51(49)54(52)45-18-5-2-6-19-45/h1-36H. The third-order valence-corrected chi connectivity index (χ3v) is 10.6. The van der Waals surface area contributed by atoms with Gasteiger partial charge in [0.1, 0.15) is 0 Å². The zero-order chi connectivity index (χ0) is 35.8. The van der Waals surface area contributed by atoms with Gasteiger partial charge in [0.2, 0.25) is 0 Å². The van der Waals surface area contributed by atoms with Crippen molar-refractivity contribution >= 4 is 49.6 Å². The van der Waals surface area contributed by atoms with Crippen molar-refractivity contribution < 1.29 is 0 Å². The Hall–Kier alpha value is -7.16. The van der Waals surface area contributed by atoms with E-state index >= 15 is 0 Å². The number of aromatic nitrogens is 1. The van der Waals surface area contributed by atoms with E-state index in [-0.39, 0.29) is 0 Å². The number of hydrogen-bond donors (Lipinski definition) is 0. The second kappa shape index (κ2) is 13.4. The maximum absolute atomic E-state index is 2.38. The summed E-state index contributed by atoms with van der Waals surface area (Å²) in [6, 6.07) is 78.9. The Balaban J connectivity index is 1.09. The van der Waals surface area contributed by atoms with E-state index in [1.54, 1.807) is 0 Å². The van der Waals surface area contributed by atoms with Crippen LogP contribution in [0.3, 0.4) is 0 Å². The average molecular weight is 689 g/mol. The van der Waals surface area contributed by atoms with Crippen LogP contribution in [0.1, 0.15) is 0 Å². The molecule has 0 saturated carbocycles. The molecule has 1 heterocycles. The summed E-state index contributed by atoms with van der Waals surface area (Å²) < 4.78 is 2.37. The first-order valence-electron chi connectivity index (χ1n) is 18.5. The fourth-order valence-corrected chi connectivity index (χ4v) is 7.89. The number of anilines is 3. The maximum Gasteiger partial charge on any atom is 0.0542 e. The van der Waals surface area contributed by atoms with Crippen molar-refractivity contribution in [3.63, 3.8) is 0 Å². The van der Waals surface area contributed by atoms with Crippen molar-refractivity contribution in [3.8, 4) is 39.1 Å². The molecule has 0 bridgehead atoms. The summed E-state index contributed by atoms with van der Waals surface area (Å²) in [5, 5.41) is 4.96. The number of benzene rings is 9. The highest BCUT2D eigenvalue weighted by molar-refractivity contribution is 6.10. The van der Waals surface area contributed by atoms with E-state index in [4.69, 9.17) is 0 Å². The fraction of sp³-hybridized carbons (Fsp3) is 0. The molecule has 0 atom stereocenters. The van der Waals surface area contributed by atoms with Crippen LogP contribution in [0.5, 0.6) is 0 Å². The second-order valence-corrected chi connectivity index (χ2v) is 13.8. The topological polar surface area (TPSA) is 8.17 Å². The molecule has 9 aromatic carbocycles. The van der Waals surface area contributed by atoms with Gasteiger partial charge in [-0.3, -0.25) is 0 Å². The molecule has 0 aliphatic carbocycles. The Morgan fingerprint density at radius 2 is 0.778 bits per heavy atom. The third-order valence-electron chi connectivity index (χ3n) is 10.6. The quantitative estimate of drug-likeness (QED) is 0.162. The molecule has 0 amide bonds. The molecule has 0 N–H and O–H groups in total. The molecule has 0 aliphatic heterocycles. The summed E-state index contributed by atoms with van der Waals surface area (Å²) in [4.78, 5) is 2.38. The lowest BCUT2D eigenvalue weighted by atomic mass is 9.98. The van der Waals surface area contributed by atoms with Crippen molar-refractivity contribution in [1.29, 1.82) is 0 Å². The normalized spacial score (nSPS) is 11.3. The molecule has 0 spiro atoms. The Kier molecular flexibility index (Phi) is 7.85. The molecular weight excluding hydrogens is 653 g/mol. The molecule has 2 nitrogen and oxygen atoms in total. The van der Waals surface area contributed by atoms with Crippen molar-refractivity contribution in [2.24, 2.45) is 0 Å². The van der Waals surface area contributed by atoms with Gasteiger partial charge in [-0.1, -0.05) is 146 Å². The number of rotatable bonds is 7. The average Bonchev–Trinajstić information content (AvgIpc) is 3.58. The van der Waals surface area contributed by atoms with Crippen LogP contribution in [0.2, 0.25) is 0 Å². The van der Waals surface area contributed by atoms with E-state index in [0.717, 1.165) is 22.7 Å². The molecular formula is C52H36N2. The predicted molar refractivity (Wildman–Crippen MR) is 229 cm³/mol. The zero-order valence-electron chi connectivity index (χ0n) is 29.7. The predicted octanol–water partition coefficient (Wildman–Crippen LogP) is 14.4. The lowest BCUT2D eigenvalue weighted by Gasteiger charge is -2.26. The van der Waals surface area contributed by atoms with Crippen LogP contribution in [-0.2, 0) is 0 Å². The van der Waals surface area contributed by atoms with Crippen molar-refractivity contribution in [1.82, 2.24) is 4.57 Å². The summed E-state index contributed by atoms with van der Waals surface area (Å²) in [5.74, 6) is 0. The van der Waals surface area contributed by atoms with Crippen LogP contribution < -0.4 is 4.90 Å². The van der Waals surface area contributed by atoms with Gasteiger partial charge in [0, 0.05) is 33.5 Å². The van der Waals surface area contributed by atoms with Gasteiger partial charge < -0.3 is 9.47 Å². The van der Waals surface area contributed by atoms with Gasteiger partial charge in [-0.15, -0.1) is 0 Å². The molecule has 254 valence electrons. The molecule has 0 unspecified atom stereocenters. The maximum atomic E-state index is 2.38. The SMILES string of the molecule is c1ccc(-c2cccc(-c3ccc(N(c4ccc(-c5ccc6ccccc6c5)cc4)c4ccc5c(c4)c4ccccc4n5-c4ccccc4)cc3)c2)cc1. The summed E-state index contributed by atoms with van der Waals surface area (Å²) in [5.41, 5.74) is 14.1. The number of para-hydroxylation sites is 2. The van der Waals surface area contributed by atoms with Crippen LogP contribution in [0.4, 0.5) is 17.1 Å². The fourth-order valence-electron chi connectivity index (χ4n) is 7.89. The first kappa shape index (κ1) is 31.6. The molecule has 0 fully saturated rings. The Morgan fingerprint density at radius 3 is 1.48 bits per heavy atom. The monoisotopic (exact) mass is 688 g/mol.